The fourth-order valence-corrected chi connectivity index (χ4v) is 3.55. The first-order valence-electron chi connectivity index (χ1n) is 9.92. The fourth-order valence-electron chi connectivity index (χ4n) is 3.55. The zero-order valence-electron chi connectivity index (χ0n) is 17.4. The number of likely N-dealkylation sites (tertiary alicyclic amines) is 1. The Balaban J connectivity index is 1.74. The molecule has 0 bridgehead atoms. The average molecular weight is 414 g/mol. The van der Waals surface area contributed by atoms with Crippen LogP contribution in [0.1, 0.15) is 50.8 Å². The van der Waals surface area contributed by atoms with Gasteiger partial charge in [-0.25, -0.2) is 9.18 Å². The molecule has 2 amide bonds. The molecule has 160 valence electrons. The number of nitrogens with two attached hydrogens (primary N) is 1. The molecule has 1 fully saturated rings. The molecule has 1 aliphatic rings. The predicted octanol–water partition coefficient (Wildman–Crippen LogP) is 4.33. The van der Waals surface area contributed by atoms with Crippen LogP contribution < -0.4 is 10.5 Å². The second-order valence-electron chi connectivity index (χ2n) is 8.35. The molecule has 0 aliphatic carbocycles. The van der Waals surface area contributed by atoms with Crippen molar-refractivity contribution in [2.75, 3.05) is 0 Å². The van der Waals surface area contributed by atoms with E-state index in [1.165, 1.54) is 11.0 Å². The maximum atomic E-state index is 13.7. The van der Waals surface area contributed by atoms with Crippen LogP contribution in [0.25, 0.3) is 0 Å². The molecule has 2 N–H and O–H groups in total. The van der Waals surface area contributed by atoms with Crippen LogP contribution in [0.4, 0.5) is 9.18 Å². The van der Waals surface area contributed by atoms with Crippen molar-refractivity contribution in [3.05, 3.63) is 65.5 Å². The van der Waals surface area contributed by atoms with Crippen LogP contribution in [0, 0.1) is 5.82 Å². The minimum absolute atomic E-state index is 0.114. The number of halogens is 1. The first-order valence-corrected chi connectivity index (χ1v) is 9.92. The molecule has 0 spiro atoms. The summed E-state index contributed by atoms with van der Waals surface area (Å²) in [6.45, 7) is 5.44. The van der Waals surface area contributed by atoms with Crippen molar-refractivity contribution in [1.29, 1.82) is 0 Å². The van der Waals surface area contributed by atoms with Gasteiger partial charge in [0.15, 0.2) is 0 Å². The van der Waals surface area contributed by atoms with Gasteiger partial charge in [0.25, 0.3) is 0 Å². The normalized spacial score (nSPS) is 18.9. The van der Waals surface area contributed by atoms with E-state index >= 15 is 0 Å². The van der Waals surface area contributed by atoms with E-state index in [0.717, 1.165) is 5.56 Å². The second kappa shape index (κ2) is 8.73. The molecule has 1 heterocycles. The third-order valence-corrected chi connectivity index (χ3v) is 4.93. The van der Waals surface area contributed by atoms with Crippen molar-refractivity contribution in [2.45, 2.75) is 57.9 Å². The van der Waals surface area contributed by atoms with Gasteiger partial charge in [0.2, 0.25) is 5.91 Å². The Hall–Kier alpha value is -3.09. The third-order valence-electron chi connectivity index (χ3n) is 4.93. The van der Waals surface area contributed by atoms with Crippen molar-refractivity contribution >= 4 is 12.0 Å². The van der Waals surface area contributed by atoms with Crippen molar-refractivity contribution in [3.8, 4) is 5.75 Å². The summed E-state index contributed by atoms with van der Waals surface area (Å²) in [5.74, 6) is -0.283. The fraction of sp³-hybridized carbons (Fsp3) is 0.391. The summed E-state index contributed by atoms with van der Waals surface area (Å²) < 4.78 is 24.9. The molecule has 2 aromatic carbocycles. The van der Waals surface area contributed by atoms with E-state index in [2.05, 4.69) is 0 Å². The minimum Gasteiger partial charge on any atom is -0.489 e. The number of benzene rings is 2. The topological polar surface area (TPSA) is 81.9 Å². The maximum Gasteiger partial charge on any atom is 0.411 e. The smallest absolute Gasteiger partial charge is 0.411 e. The Morgan fingerprint density at radius 3 is 2.37 bits per heavy atom. The molecule has 30 heavy (non-hydrogen) atoms. The van der Waals surface area contributed by atoms with Gasteiger partial charge in [-0.05, 0) is 57.4 Å². The Labute approximate surface area is 175 Å². The number of primary amides is 1. The van der Waals surface area contributed by atoms with Gasteiger partial charge in [-0.2, -0.15) is 0 Å². The number of carbonyl (C=O) groups is 2. The van der Waals surface area contributed by atoms with E-state index in [9.17, 15) is 14.0 Å². The van der Waals surface area contributed by atoms with Gasteiger partial charge in [0.05, 0.1) is 6.04 Å². The predicted molar refractivity (Wildman–Crippen MR) is 110 cm³/mol. The molecule has 7 heteroatoms. The lowest BCUT2D eigenvalue weighted by atomic mass is 10.0. The SMILES string of the molecule is CC(C)(C)OC(=O)N1[C@H](C(N)=O)CC[C@H]1c1ccc(OCc2ccccc2F)cc1. The van der Waals surface area contributed by atoms with Gasteiger partial charge in [-0.3, -0.25) is 9.69 Å². The zero-order chi connectivity index (χ0) is 21.9. The van der Waals surface area contributed by atoms with E-state index in [0.29, 0.717) is 24.2 Å². The molecule has 2 atom stereocenters. The molecule has 2 aromatic rings. The Kier molecular flexibility index (Phi) is 6.29. The number of nitrogens with zero attached hydrogens (tertiary/aromatic N) is 1. The van der Waals surface area contributed by atoms with E-state index in [4.69, 9.17) is 15.2 Å². The summed E-state index contributed by atoms with van der Waals surface area (Å²) >= 11 is 0. The highest BCUT2D eigenvalue weighted by Crippen LogP contribution is 2.37. The van der Waals surface area contributed by atoms with Gasteiger partial charge < -0.3 is 15.2 Å². The van der Waals surface area contributed by atoms with Crippen molar-refractivity contribution < 1.29 is 23.5 Å². The van der Waals surface area contributed by atoms with Crippen LogP contribution >= 0.6 is 0 Å². The van der Waals surface area contributed by atoms with Crippen LogP contribution in [0.15, 0.2) is 48.5 Å². The van der Waals surface area contributed by atoms with E-state index in [-0.39, 0.29) is 18.5 Å². The van der Waals surface area contributed by atoms with Crippen molar-refractivity contribution in [2.24, 2.45) is 5.73 Å². The van der Waals surface area contributed by atoms with Gasteiger partial charge in [0, 0.05) is 5.56 Å². The van der Waals surface area contributed by atoms with Crippen molar-refractivity contribution in [3.63, 3.8) is 0 Å². The highest BCUT2D eigenvalue weighted by Gasteiger charge is 2.42. The van der Waals surface area contributed by atoms with Crippen LogP contribution in [-0.4, -0.2) is 28.5 Å². The largest absolute Gasteiger partial charge is 0.489 e. The quantitative estimate of drug-likeness (QED) is 0.790. The van der Waals surface area contributed by atoms with Gasteiger partial charge in [-0.15, -0.1) is 0 Å². The highest BCUT2D eigenvalue weighted by atomic mass is 19.1. The van der Waals surface area contributed by atoms with Gasteiger partial charge in [-0.1, -0.05) is 30.3 Å². The van der Waals surface area contributed by atoms with Crippen LogP contribution in [0.3, 0.4) is 0 Å². The number of carbonyl (C=O) groups excluding carboxylic acids is 2. The average Bonchev–Trinajstić information content (AvgIpc) is 3.12. The molecular formula is C23H27FN2O4. The van der Waals surface area contributed by atoms with Crippen LogP contribution in [0.5, 0.6) is 5.75 Å². The summed E-state index contributed by atoms with van der Waals surface area (Å²) in [7, 11) is 0. The molecule has 0 radical (unpaired) electrons. The molecule has 3 rings (SSSR count). The standard InChI is InChI=1S/C23H27FN2O4/c1-23(2,3)30-22(28)26-19(12-13-20(26)21(25)27)15-8-10-17(11-9-15)29-14-16-6-4-5-7-18(16)24/h4-11,19-20H,12-14H2,1-3H3,(H2,25,27)/t19-,20-/m0/s1. The monoisotopic (exact) mass is 414 g/mol. The maximum absolute atomic E-state index is 13.7. The number of ether oxygens (including phenoxy) is 2. The number of rotatable bonds is 5. The summed E-state index contributed by atoms with van der Waals surface area (Å²) in [4.78, 5) is 26.1. The minimum atomic E-state index is -0.707. The van der Waals surface area contributed by atoms with Gasteiger partial charge in [0.1, 0.15) is 29.8 Å². The molecule has 0 unspecified atom stereocenters. The summed E-state index contributed by atoms with van der Waals surface area (Å²) in [5.41, 5.74) is 6.16. The Morgan fingerprint density at radius 2 is 1.77 bits per heavy atom. The Morgan fingerprint density at radius 1 is 1.10 bits per heavy atom. The highest BCUT2D eigenvalue weighted by molar-refractivity contribution is 5.85. The number of amides is 2. The third kappa shape index (κ3) is 5.09. The molecule has 1 aliphatic heterocycles. The van der Waals surface area contributed by atoms with Crippen LogP contribution in [0.2, 0.25) is 0 Å². The van der Waals surface area contributed by atoms with Crippen molar-refractivity contribution in [1.82, 2.24) is 4.90 Å². The number of hydrogen-bond donors (Lipinski definition) is 1. The molecular weight excluding hydrogens is 387 g/mol. The lowest BCUT2D eigenvalue weighted by molar-refractivity contribution is -0.122. The summed E-state index contributed by atoms with van der Waals surface area (Å²) in [6, 6.07) is 12.6. The molecule has 1 saturated heterocycles. The van der Waals surface area contributed by atoms with Gasteiger partial charge >= 0.3 is 6.09 Å². The molecule has 0 saturated carbocycles. The molecule has 0 aromatic heterocycles. The Bertz CT molecular complexity index is 908. The summed E-state index contributed by atoms with van der Waals surface area (Å²) in [6.07, 6.45) is 0.515. The second-order valence-corrected chi connectivity index (χ2v) is 8.35. The number of hydrogen-bond acceptors (Lipinski definition) is 4. The van der Waals surface area contributed by atoms with E-state index < -0.39 is 23.6 Å². The van der Waals surface area contributed by atoms with Crippen LogP contribution in [-0.2, 0) is 16.1 Å². The molecule has 6 nitrogen and oxygen atoms in total. The lowest BCUT2D eigenvalue weighted by Gasteiger charge is -2.31. The van der Waals surface area contributed by atoms with E-state index in [1.807, 2.05) is 12.1 Å². The summed E-state index contributed by atoms with van der Waals surface area (Å²) in [5, 5.41) is 0. The first kappa shape index (κ1) is 21.6. The zero-order valence-corrected chi connectivity index (χ0v) is 17.4. The lowest BCUT2D eigenvalue weighted by Crippen LogP contribution is -2.46. The first-order chi connectivity index (χ1) is 14.2. The van der Waals surface area contributed by atoms with E-state index in [1.54, 1.807) is 51.1 Å².